The number of rotatable bonds is 45. The maximum atomic E-state index is 12.8. The Balaban J connectivity index is 4.30. The van der Waals surface area contributed by atoms with E-state index in [1.54, 1.807) is 0 Å². The summed E-state index contributed by atoms with van der Waals surface area (Å²) >= 11 is 0. The molecule has 6 heteroatoms. The Kier molecular flexibility index (Phi) is 42.7. The van der Waals surface area contributed by atoms with E-state index < -0.39 is 6.10 Å². The minimum atomic E-state index is -0.761. The van der Waals surface area contributed by atoms with E-state index in [1.165, 1.54) is 167 Å². The number of esters is 3. The lowest BCUT2D eigenvalue weighted by atomic mass is 10.0. The van der Waals surface area contributed by atoms with Gasteiger partial charge in [-0.15, -0.1) is 0 Å². The van der Waals surface area contributed by atoms with Gasteiger partial charge in [-0.25, -0.2) is 0 Å². The Labute approximate surface area is 355 Å². The lowest BCUT2D eigenvalue weighted by Gasteiger charge is -2.18. The van der Waals surface area contributed by atoms with Crippen LogP contribution in [0.5, 0.6) is 0 Å². The molecule has 1 atom stereocenters. The molecular formula is C51H98O6. The molecule has 0 rings (SSSR count). The predicted molar refractivity (Wildman–Crippen MR) is 243 cm³/mol. The van der Waals surface area contributed by atoms with Gasteiger partial charge in [-0.2, -0.15) is 0 Å². The highest BCUT2D eigenvalue weighted by molar-refractivity contribution is 5.71. The van der Waals surface area contributed by atoms with Crippen LogP contribution in [0.4, 0.5) is 0 Å². The van der Waals surface area contributed by atoms with Crippen molar-refractivity contribution in [3.63, 3.8) is 0 Å². The molecule has 0 aromatic carbocycles. The van der Waals surface area contributed by atoms with Crippen LogP contribution in [0.1, 0.15) is 279 Å². The van der Waals surface area contributed by atoms with Crippen LogP contribution in [0.3, 0.4) is 0 Å². The molecule has 0 saturated carbocycles. The number of hydrogen-bond donors (Lipinski definition) is 0. The minimum Gasteiger partial charge on any atom is -0.462 e. The van der Waals surface area contributed by atoms with E-state index in [1.807, 2.05) is 0 Å². The molecule has 0 N–H and O–H groups in total. The second-order valence-corrected chi connectivity index (χ2v) is 18.4. The van der Waals surface area contributed by atoms with Crippen molar-refractivity contribution in [3.05, 3.63) is 0 Å². The lowest BCUT2D eigenvalue weighted by molar-refractivity contribution is -0.167. The zero-order valence-corrected chi connectivity index (χ0v) is 39.0. The Morgan fingerprint density at radius 3 is 0.860 bits per heavy atom. The van der Waals surface area contributed by atoms with Crippen LogP contribution < -0.4 is 0 Å². The van der Waals surface area contributed by atoms with Crippen molar-refractivity contribution in [1.82, 2.24) is 0 Å². The Morgan fingerprint density at radius 2 is 0.579 bits per heavy atom. The maximum Gasteiger partial charge on any atom is 0.306 e. The summed E-state index contributed by atoms with van der Waals surface area (Å²) in [7, 11) is 0. The molecule has 0 saturated heterocycles. The fourth-order valence-electron chi connectivity index (χ4n) is 7.64. The molecular weight excluding hydrogens is 709 g/mol. The van der Waals surface area contributed by atoms with Gasteiger partial charge >= 0.3 is 17.9 Å². The third-order valence-corrected chi connectivity index (χ3v) is 11.5. The number of unbranched alkanes of at least 4 members (excludes halogenated alkanes) is 30. The van der Waals surface area contributed by atoms with Gasteiger partial charge in [0.2, 0.25) is 0 Å². The van der Waals surface area contributed by atoms with E-state index in [0.717, 1.165) is 69.6 Å². The van der Waals surface area contributed by atoms with Crippen molar-refractivity contribution in [1.29, 1.82) is 0 Å². The van der Waals surface area contributed by atoms with Gasteiger partial charge in [0.05, 0.1) is 0 Å². The van der Waals surface area contributed by atoms with Crippen LogP contribution >= 0.6 is 0 Å². The summed E-state index contributed by atoms with van der Waals surface area (Å²) in [6, 6.07) is 0. The fraction of sp³-hybridized carbons (Fsp3) is 0.941. The molecule has 0 radical (unpaired) electrons. The summed E-state index contributed by atoms with van der Waals surface area (Å²) < 4.78 is 16.8. The lowest BCUT2D eigenvalue weighted by Crippen LogP contribution is -2.30. The Morgan fingerprint density at radius 1 is 0.333 bits per heavy atom. The summed E-state index contributed by atoms with van der Waals surface area (Å²) in [6.07, 6.45) is 43.7. The molecule has 0 bridgehead atoms. The van der Waals surface area contributed by atoms with E-state index in [2.05, 4.69) is 34.6 Å². The zero-order chi connectivity index (χ0) is 41.9. The third kappa shape index (κ3) is 45.3. The average molecular weight is 807 g/mol. The van der Waals surface area contributed by atoms with Gasteiger partial charge in [-0.05, 0) is 31.1 Å². The predicted octanol–water partition coefficient (Wildman–Crippen LogP) is 16.1. The van der Waals surface area contributed by atoms with Crippen LogP contribution in [0.25, 0.3) is 0 Å². The van der Waals surface area contributed by atoms with Crippen molar-refractivity contribution in [2.24, 2.45) is 11.8 Å². The van der Waals surface area contributed by atoms with Gasteiger partial charge in [0.1, 0.15) is 13.2 Å². The largest absolute Gasteiger partial charge is 0.462 e. The number of ether oxygens (including phenoxy) is 3. The molecule has 0 spiro atoms. The average Bonchev–Trinajstić information content (AvgIpc) is 3.18. The van der Waals surface area contributed by atoms with Gasteiger partial charge in [0.15, 0.2) is 6.10 Å². The zero-order valence-electron chi connectivity index (χ0n) is 39.0. The van der Waals surface area contributed by atoms with E-state index in [0.29, 0.717) is 19.3 Å². The van der Waals surface area contributed by atoms with Crippen LogP contribution in [0.2, 0.25) is 0 Å². The summed E-state index contributed by atoms with van der Waals surface area (Å²) in [5, 5.41) is 0. The molecule has 0 fully saturated rings. The molecule has 0 aromatic heterocycles. The van der Waals surface area contributed by atoms with Gasteiger partial charge in [0, 0.05) is 19.3 Å². The molecule has 0 unspecified atom stereocenters. The van der Waals surface area contributed by atoms with E-state index in [4.69, 9.17) is 14.2 Å². The number of carbonyl (C=O) groups is 3. The minimum absolute atomic E-state index is 0.0640. The van der Waals surface area contributed by atoms with E-state index in [9.17, 15) is 14.4 Å². The second-order valence-electron chi connectivity index (χ2n) is 18.4. The quantitative estimate of drug-likeness (QED) is 0.0346. The fourth-order valence-corrected chi connectivity index (χ4v) is 7.64. The van der Waals surface area contributed by atoms with Crippen LogP contribution in [-0.2, 0) is 28.6 Å². The van der Waals surface area contributed by atoms with Crippen LogP contribution in [-0.4, -0.2) is 37.2 Å². The molecule has 0 heterocycles. The first kappa shape index (κ1) is 55.4. The first-order valence-corrected chi connectivity index (χ1v) is 25.2. The first-order valence-electron chi connectivity index (χ1n) is 25.2. The smallest absolute Gasteiger partial charge is 0.306 e. The highest BCUT2D eigenvalue weighted by Gasteiger charge is 2.19. The van der Waals surface area contributed by atoms with Crippen molar-refractivity contribution >= 4 is 17.9 Å². The van der Waals surface area contributed by atoms with Gasteiger partial charge in [-0.3, -0.25) is 14.4 Å². The molecule has 0 aromatic rings. The normalized spacial score (nSPS) is 12.1. The van der Waals surface area contributed by atoms with Crippen molar-refractivity contribution in [2.45, 2.75) is 285 Å². The Hall–Kier alpha value is -1.59. The monoisotopic (exact) mass is 807 g/mol. The van der Waals surface area contributed by atoms with E-state index in [-0.39, 0.29) is 31.1 Å². The van der Waals surface area contributed by atoms with Crippen molar-refractivity contribution in [2.75, 3.05) is 13.2 Å². The number of carbonyl (C=O) groups excluding carboxylic acids is 3. The molecule has 338 valence electrons. The maximum absolute atomic E-state index is 12.8. The van der Waals surface area contributed by atoms with Gasteiger partial charge in [0.25, 0.3) is 0 Å². The summed E-state index contributed by atoms with van der Waals surface area (Å²) in [5.74, 6) is 0.808. The molecule has 6 nitrogen and oxygen atoms in total. The molecule has 57 heavy (non-hydrogen) atoms. The van der Waals surface area contributed by atoms with Gasteiger partial charge < -0.3 is 14.2 Å². The first-order chi connectivity index (χ1) is 27.7. The van der Waals surface area contributed by atoms with Crippen LogP contribution in [0.15, 0.2) is 0 Å². The third-order valence-electron chi connectivity index (χ3n) is 11.5. The van der Waals surface area contributed by atoms with E-state index >= 15 is 0 Å². The Bertz CT molecular complexity index is 870. The summed E-state index contributed by atoms with van der Waals surface area (Å²) in [4.78, 5) is 37.9. The highest BCUT2D eigenvalue weighted by Crippen LogP contribution is 2.17. The molecule has 0 amide bonds. The van der Waals surface area contributed by atoms with Gasteiger partial charge in [-0.1, -0.05) is 240 Å². The topological polar surface area (TPSA) is 78.9 Å². The standard InChI is InChI=1S/C51H98O6/c1-6-7-8-9-10-11-21-26-31-36-41-49(52)55-44-48(45-56-50(53)42-37-32-27-22-18-14-16-20-25-30-35-40-47(4)5)57-51(54)43-38-33-28-23-17-13-12-15-19-24-29-34-39-46(2)3/h46-48H,6-45H2,1-5H3/t48-/m0/s1. The SMILES string of the molecule is CCCCCCCCCCCCC(=O)OC[C@@H](COC(=O)CCCCCCCCCCCCCC(C)C)OC(=O)CCCCCCCCCCCCCCC(C)C. The molecule has 0 aliphatic carbocycles. The summed E-state index contributed by atoms with van der Waals surface area (Å²) in [5.41, 5.74) is 0. The van der Waals surface area contributed by atoms with Crippen molar-refractivity contribution in [3.8, 4) is 0 Å². The summed E-state index contributed by atoms with van der Waals surface area (Å²) in [6.45, 7) is 11.4. The van der Waals surface area contributed by atoms with Crippen LogP contribution in [0, 0.1) is 11.8 Å². The highest BCUT2D eigenvalue weighted by atomic mass is 16.6. The molecule has 0 aliphatic rings. The second kappa shape index (κ2) is 44.0. The van der Waals surface area contributed by atoms with Crippen molar-refractivity contribution < 1.29 is 28.6 Å². The molecule has 0 aliphatic heterocycles. The number of hydrogen-bond acceptors (Lipinski definition) is 6.